The van der Waals surface area contributed by atoms with Crippen molar-refractivity contribution in [1.82, 2.24) is 0 Å². The van der Waals surface area contributed by atoms with Gasteiger partial charge >= 0.3 is 5.97 Å². The molecule has 0 aliphatic rings. The maximum atomic E-state index is 12.3. The molecule has 0 saturated carbocycles. The second-order valence-electron chi connectivity index (χ2n) is 5.34. The molecule has 2 rings (SSSR count). The van der Waals surface area contributed by atoms with E-state index < -0.39 is 12.1 Å². The van der Waals surface area contributed by atoms with Crippen LogP contribution in [0.15, 0.2) is 53.0 Å². The van der Waals surface area contributed by atoms with Crippen molar-refractivity contribution < 1.29 is 19.1 Å². The zero-order valence-electron chi connectivity index (χ0n) is 14.1. The molecule has 1 amide bonds. The highest BCUT2D eigenvalue weighted by Gasteiger charge is 2.16. The number of halogens is 1. The van der Waals surface area contributed by atoms with E-state index in [-0.39, 0.29) is 5.91 Å². The summed E-state index contributed by atoms with van der Waals surface area (Å²) in [5.74, 6) is -0.666. The fourth-order valence-electron chi connectivity index (χ4n) is 2.06. The molecule has 0 radical (unpaired) electrons. The summed E-state index contributed by atoms with van der Waals surface area (Å²) in [7, 11) is 0. The molecule has 0 aliphatic heterocycles. The zero-order valence-corrected chi connectivity index (χ0v) is 15.7. The van der Waals surface area contributed by atoms with E-state index in [0.29, 0.717) is 28.9 Å². The van der Waals surface area contributed by atoms with Crippen molar-refractivity contribution in [2.24, 2.45) is 0 Å². The predicted molar refractivity (Wildman–Crippen MR) is 99.4 cm³/mol. The minimum atomic E-state index is -0.614. The minimum Gasteiger partial charge on any atom is -0.462 e. The summed E-state index contributed by atoms with van der Waals surface area (Å²) < 4.78 is 11.1. The van der Waals surface area contributed by atoms with Crippen LogP contribution < -0.4 is 5.32 Å². The Labute approximate surface area is 155 Å². The lowest BCUT2D eigenvalue weighted by molar-refractivity contribution is -0.127. The van der Waals surface area contributed by atoms with Gasteiger partial charge in [0.25, 0.3) is 5.91 Å². The van der Waals surface area contributed by atoms with Gasteiger partial charge in [-0.3, -0.25) is 4.79 Å². The second-order valence-corrected chi connectivity index (χ2v) is 6.20. The third kappa shape index (κ3) is 5.69. The van der Waals surface area contributed by atoms with Crippen LogP contribution in [0.3, 0.4) is 0 Å². The van der Waals surface area contributed by atoms with Crippen LogP contribution in [-0.4, -0.2) is 24.6 Å². The van der Waals surface area contributed by atoms with Crippen molar-refractivity contribution in [2.45, 2.75) is 26.6 Å². The van der Waals surface area contributed by atoms with Gasteiger partial charge in [0.1, 0.15) is 6.10 Å². The number of carbonyl (C=O) groups is 2. The first-order valence-corrected chi connectivity index (χ1v) is 8.73. The quantitative estimate of drug-likeness (QED) is 0.701. The predicted octanol–water partition coefficient (Wildman–Crippen LogP) is 4.17. The van der Waals surface area contributed by atoms with Gasteiger partial charge in [0, 0.05) is 4.47 Å². The summed E-state index contributed by atoms with van der Waals surface area (Å²) >= 11 is 3.36. The van der Waals surface area contributed by atoms with Crippen molar-refractivity contribution in [2.75, 3.05) is 11.9 Å². The third-order valence-corrected chi connectivity index (χ3v) is 4.11. The van der Waals surface area contributed by atoms with Gasteiger partial charge in [-0.15, -0.1) is 0 Å². The van der Waals surface area contributed by atoms with E-state index in [0.717, 1.165) is 5.56 Å². The first kappa shape index (κ1) is 19.1. The minimum absolute atomic E-state index is 0.263. The van der Waals surface area contributed by atoms with Crippen LogP contribution >= 0.6 is 15.9 Å². The molecule has 0 spiro atoms. The normalized spacial score (nSPS) is 11.6. The molecule has 1 unspecified atom stereocenters. The van der Waals surface area contributed by atoms with Crippen molar-refractivity contribution >= 4 is 33.5 Å². The van der Waals surface area contributed by atoms with Crippen LogP contribution in [0.4, 0.5) is 5.69 Å². The zero-order chi connectivity index (χ0) is 18.2. The molecule has 1 atom stereocenters. The van der Waals surface area contributed by atoms with Gasteiger partial charge in [-0.1, -0.05) is 30.3 Å². The number of rotatable bonds is 7. The van der Waals surface area contributed by atoms with E-state index in [2.05, 4.69) is 21.2 Å². The molecule has 25 heavy (non-hydrogen) atoms. The summed E-state index contributed by atoms with van der Waals surface area (Å²) in [4.78, 5) is 24.0. The van der Waals surface area contributed by atoms with Crippen LogP contribution in [0, 0.1) is 0 Å². The smallest absolute Gasteiger partial charge is 0.338 e. The van der Waals surface area contributed by atoms with E-state index in [1.54, 1.807) is 32.0 Å². The summed E-state index contributed by atoms with van der Waals surface area (Å²) in [6.07, 6.45) is -0.614. The van der Waals surface area contributed by atoms with Crippen LogP contribution in [0.1, 0.15) is 29.8 Å². The molecule has 0 aromatic heterocycles. The Hall–Kier alpha value is -2.18. The molecule has 132 valence electrons. The average molecular weight is 406 g/mol. The van der Waals surface area contributed by atoms with E-state index >= 15 is 0 Å². The highest BCUT2D eigenvalue weighted by molar-refractivity contribution is 9.10. The standard InChI is InChI=1S/C19H20BrNO4/c1-3-24-19(23)15-9-10-17(16(20)11-15)21-18(22)13(2)25-12-14-7-5-4-6-8-14/h4-11,13H,3,12H2,1-2H3,(H,21,22). The molecular weight excluding hydrogens is 386 g/mol. The van der Waals surface area contributed by atoms with Crippen LogP contribution in [-0.2, 0) is 20.9 Å². The number of benzene rings is 2. The molecule has 2 aromatic rings. The summed E-state index contributed by atoms with van der Waals surface area (Å²) in [6.45, 7) is 4.11. The molecule has 0 bridgehead atoms. The van der Waals surface area contributed by atoms with E-state index in [1.165, 1.54) is 0 Å². The van der Waals surface area contributed by atoms with Crippen molar-refractivity contribution in [3.8, 4) is 0 Å². The maximum absolute atomic E-state index is 12.3. The van der Waals surface area contributed by atoms with Gasteiger partial charge in [-0.25, -0.2) is 4.79 Å². The SMILES string of the molecule is CCOC(=O)c1ccc(NC(=O)C(C)OCc2ccccc2)c(Br)c1. The van der Waals surface area contributed by atoms with Crippen molar-refractivity contribution in [3.05, 3.63) is 64.1 Å². The second kappa shape index (κ2) is 9.34. The first-order valence-electron chi connectivity index (χ1n) is 7.94. The van der Waals surface area contributed by atoms with Crippen LogP contribution in [0.5, 0.6) is 0 Å². The number of esters is 1. The monoisotopic (exact) mass is 405 g/mol. The molecule has 0 heterocycles. The van der Waals surface area contributed by atoms with Crippen LogP contribution in [0.2, 0.25) is 0 Å². The van der Waals surface area contributed by atoms with Crippen LogP contribution in [0.25, 0.3) is 0 Å². The lowest BCUT2D eigenvalue weighted by atomic mass is 10.2. The molecule has 6 heteroatoms. The fraction of sp³-hybridized carbons (Fsp3) is 0.263. The highest BCUT2D eigenvalue weighted by atomic mass is 79.9. The summed E-state index contributed by atoms with van der Waals surface area (Å²) in [5.41, 5.74) is 1.98. The molecule has 0 fully saturated rings. The number of anilines is 1. The average Bonchev–Trinajstić information content (AvgIpc) is 2.62. The molecular formula is C19H20BrNO4. The van der Waals surface area contributed by atoms with E-state index in [4.69, 9.17) is 9.47 Å². The largest absolute Gasteiger partial charge is 0.462 e. The highest BCUT2D eigenvalue weighted by Crippen LogP contribution is 2.24. The van der Waals surface area contributed by atoms with Gasteiger partial charge in [0.2, 0.25) is 0 Å². The fourth-order valence-corrected chi connectivity index (χ4v) is 2.54. The molecule has 0 aliphatic carbocycles. The maximum Gasteiger partial charge on any atom is 0.338 e. The number of carbonyl (C=O) groups excluding carboxylic acids is 2. The van der Waals surface area contributed by atoms with Crippen molar-refractivity contribution in [1.29, 1.82) is 0 Å². The Morgan fingerprint density at radius 3 is 2.52 bits per heavy atom. The lowest BCUT2D eigenvalue weighted by Crippen LogP contribution is -2.27. The summed E-state index contributed by atoms with van der Waals surface area (Å²) in [6, 6.07) is 14.5. The first-order chi connectivity index (χ1) is 12.0. The van der Waals surface area contributed by atoms with Gasteiger partial charge in [0.15, 0.2) is 0 Å². The number of hydrogen-bond acceptors (Lipinski definition) is 4. The van der Waals surface area contributed by atoms with Crippen molar-refractivity contribution in [3.63, 3.8) is 0 Å². The Kier molecular flexibility index (Phi) is 7.16. The molecule has 2 aromatic carbocycles. The van der Waals surface area contributed by atoms with Gasteiger partial charge in [0.05, 0.1) is 24.5 Å². The third-order valence-electron chi connectivity index (χ3n) is 3.45. The Balaban J connectivity index is 1.94. The molecule has 0 saturated heterocycles. The molecule has 5 nitrogen and oxygen atoms in total. The van der Waals surface area contributed by atoms with Gasteiger partial charge in [-0.2, -0.15) is 0 Å². The molecule has 1 N–H and O–H groups in total. The van der Waals surface area contributed by atoms with E-state index in [1.807, 2.05) is 30.3 Å². The Morgan fingerprint density at radius 2 is 1.88 bits per heavy atom. The summed E-state index contributed by atoms with van der Waals surface area (Å²) in [5, 5.41) is 2.78. The number of ether oxygens (including phenoxy) is 2. The number of amides is 1. The van der Waals surface area contributed by atoms with Gasteiger partial charge in [-0.05, 0) is 53.5 Å². The Bertz CT molecular complexity index is 733. The lowest BCUT2D eigenvalue weighted by Gasteiger charge is -2.15. The topological polar surface area (TPSA) is 64.6 Å². The number of nitrogens with one attached hydrogen (secondary N) is 1. The van der Waals surface area contributed by atoms with E-state index in [9.17, 15) is 9.59 Å². The Morgan fingerprint density at radius 1 is 1.16 bits per heavy atom. The van der Waals surface area contributed by atoms with Gasteiger partial charge < -0.3 is 14.8 Å². The number of hydrogen-bond donors (Lipinski definition) is 1.